The molecular weight excluding hydrogens is 242 g/mol. The number of hydrogen-bond acceptors (Lipinski definition) is 3. The van der Waals surface area contributed by atoms with E-state index in [0.717, 1.165) is 25.9 Å². The van der Waals surface area contributed by atoms with Gasteiger partial charge in [0.25, 0.3) is 0 Å². The van der Waals surface area contributed by atoms with Gasteiger partial charge in [-0.05, 0) is 18.8 Å². The first-order valence-electron chi connectivity index (χ1n) is 6.77. The molecule has 5 nitrogen and oxygen atoms in total. The first kappa shape index (κ1) is 15.5. The van der Waals surface area contributed by atoms with E-state index in [4.69, 9.17) is 5.26 Å². The summed E-state index contributed by atoms with van der Waals surface area (Å²) in [6.07, 6.45) is 1.74. The van der Waals surface area contributed by atoms with Crippen LogP contribution >= 0.6 is 0 Å². The second-order valence-electron chi connectivity index (χ2n) is 6.12. The molecule has 2 amide bonds. The van der Waals surface area contributed by atoms with Crippen molar-refractivity contribution >= 4 is 11.8 Å². The van der Waals surface area contributed by atoms with E-state index >= 15 is 0 Å². The average Bonchev–Trinajstić information content (AvgIpc) is 2.35. The zero-order valence-corrected chi connectivity index (χ0v) is 12.0. The number of nitrogens with one attached hydrogen (secondary N) is 1. The van der Waals surface area contributed by atoms with Crippen LogP contribution < -0.4 is 5.32 Å². The van der Waals surface area contributed by atoms with E-state index < -0.39 is 0 Å². The first-order valence-corrected chi connectivity index (χ1v) is 6.77. The van der Waals surface area contributed by atoms with Crippen LogP contribution in [0.3, 0.4) is 0 Å². The molecule has 19 heavy (non-hydrogen) atoms. The number of piperidine rings is 1. The Morgan fingerprint density at radius 3 is 2.37 bits per heavy atom. The molecule has 5 heteroatoms. The highest BCUT2D eigenvalue weighted by Gasteiger charge is 2.30. The van der Waals surface area contributed by atoms with Gasteiger partial charge >= 0.3 is 0 Å². The summed E-state index contributed by atoms with van der Waals surface area (Å²) in [5.74, 6) is 0.391. The fourth-order valence-electron chi connectivity index (χ4n) is 2.21. The highest BCUT2D eigenvalue weighted by atomic mass is 16.2. The Morgan fingerprint density at radius 2 is 1.89 bits per heavy atom. The second-order valence-corrected chi connectivity index (χ2v) is 6.12. The van der Waals surface area contributed by atoms with E-state index in [9.17, 15) is 9.59 Å². The van der Waals surface area contributed by atoms with Crippen molar-refractivity contribution < 1.29 is 9.59 Å². The van der Waals surface area contributed by atoms with Crippen LogP contribution in [0.15, 0.2) is 0 Å². The smallest absolute Gasteiger partial charge is 0.234 e. The summed E-state index contributed by atoms with van der Waals surface area (Å²) in [6, 6.07) is 1.83. The zero-order valence-electron chi connectivity index (χ0n) is 12.0. The summed E-state index contributed by atoms with van der Waals surface area (Å²) in [4.78, 5) is 25.2. The molecule has 0 radical (unpaired) electrons. The molecule has 0 atom stereocenters. The molecule has 1 rings (SSSR count). The minimum Gasteiger partial charge on any atom is -0.355 e. The van der Waals surface area contributed by atoms with Gasteiger partial charge < -0.3 is 10.2 Å². The SMILES string of the molecule is CC(C)(C)C(=O)N1CCC(CNC(=O)CC#N)CC1. The Labute approximate surface area is 115 Å². The number of hydrogen-bond donors (Lipinski definition) is 1. The molecule has 1 heterocycles. The topological polar surface area (TPSA) is 73.2 Å². The van der Waals surface area contributed by atoms with Crippen LogP contribution in [0.4, 0.5) is 0 Å². The van der Waals surface area contributed by atoms with E-state index in [-0.39, 0.29) is 23.7 Å². The van der Waals surface area contributed by atoms with Gasteiger partial charge in [-0.1, -0.05) is 20.8 Å². The van der Waals surface area contributed by atoms with Crippen molar-refractivity contribution in [1.82, 2.24) is 10.2 Å². The molecule has 1 saturated heterocycles. The molecule has 0 bridgehead atoms. The van der Waals surface area contributed by atoms with E-state index in [1.807, 2.05) is 31.7 Å². The molecular formula is C14H23N3O2. The number of carbonyl (C=O) groups excluding carboxylic acids is 2. The molecule has 106 valence electrons. The third-order valence-corrected chi connectivity index (χ3v) is 3.37. The average molecular weight is 265 g/mol. The van der Waals surface area contributed by atoms with Crippen LogP contribution in [0.5, 0.6) is 0 Å². The van der Waals surface area contributed by atoms with Gasteiger partial charge in [-0.25, -0.2) is 0 Å². The number of rotatable bonds is 3. The monoisotopic (exact) mass is 265 g/mol. The van der Waals surface area contributed by atoms with Gasteiger partial charge in [0, 0.05) is 25.0 Å². The molecule has 0 spiro atoms. The summed E-state index contributed by atoms with van der Waals surface area (Å²) < 4.78 is 0. The maximum atomic E-state index is 12.1. The van der Waals surface area contributed by atoms with E-state index in [2.05, 4.69) is 5.32 Å². The largest absolute Gasteiger partial charge is 0.355 e. The lowest BCUT2D eigenvalue weighted by atomic mass is 9.91. The van der Waals surface area contributed by atoms with Gasteiger partial charge in [-0.15, -0.1) is 0 Å². The minimum atomic E-state index is -0.326. The molecule has 1 fully saturated rings. The minimum absolute atomic E-state index is 0.0820. The highest BCUT2D eigenvalue weighted by molar-refractivity contribution is 5.81. The van der Waals surface area contributed by atoms with Crippen molar-refractivity contribution in [3.8, 4) is 6.07 Å². The molecule has 1 aliphatic heterocycles. The molecule has 0 unspecified atom stereocenters. The predicted octanol–water partition coefficient (Wildman–Crippen LogP) is 1.30. The van der Waals surface area contributed by atoms with Crippen molar-refractivity contribution in [2.24, 2.45) is 11.3 Å². The maximum absolute atomic E-state index is 12.1. The summed E-state index contributed by atoms with van der Waals surface area (Å²) in [5, 5.41) is 11.2. The fraction of sp³-hybridized carbons (Fsp3) is 0.786. The normalized spacial score (nSPS) is 16.8. The number of amides is 2. The molecule has 1 N–H and O–H groups in total. The third kappa shape index (κ3) is 4.90. The standard InChI is InChI=1S/C14H23N3O2/c1-14(2,3)13(19)17-8-5-11(6-9-17)10-16-12(18)4-7-15/h11H,4-6,8-10H2,1-3H3,(H,16,18). The molecule has 0 saturated carbocycles. The van der Waals surface area contributed by atoms with Crippen LogP contribution in [-0.2, 0) is 9.59 Å². The lowest BCUT2D eigenvalue weighted by molar-refractivity contribution is -0.141. The summed E-state index contributed by atoms with van der Waals surface area (Å²) in [7, 11) is 0. The number of likely N-dealkylation sites (tertiary alicyclic amines) is 1. The van der Waals surface area contributed by atoms with Crippen molar-refractivity contribution in [3.63, 3.8) is 0 Å². The van der Waals surface area contributed by atoms with Gasteiger partial charge in [0.2, 0.25) is 11.8 Å². The Morgan fingerprint density at radius 1 is 1.32 bits per heavy atom. The molecule has 0 aromatic rings. The fourth-order valence-corrected chi connectivity index (χ4v) is 2.21. The van der Waals surface area contributed by atoms with Gasteiger partial charge in [0.1, 0.15) is 6.42 Å². The Kier molecular flexibility index (Phi) is 5.34. The van der Waals surface area contributed by atoms with Gasteiger partial charge in [0.15, 0.2) is 0 Å². The van der Waals surface area contributed by atoms with Crippen molar-refractivity contribution in [1.29, 1.82) is 5.26 Å². The van der Waals surface area contributed by atoms with E-state index in [1.54, 1.807) is 0 Å². The van der Waals surface area contributed by atoms with Gasteiger partial charge in [0.05, 0.1) is 6.07 Å². The zero-order chi connectivity index (χ0) is 14.5. The Balaban J connectivity index is 2.32. The van der Waals surface area contributed by atoms with E-state index in [1.165, 1.54) is 0 Å². The van der Waals surface area contributed by atoms with Crippen molar-refractivity contribution in [2.75, 3.05) is 19.6 Å². The number of nitrogens with zero attached hydrogens (tertiary/aromatic N) is 2. The van der Waals surface area contributed by atoms with Crippen LogP contribution in [0, 0.1) is 22.7 Å². The number of carbonyl (C=O) groups is 2. The van der Waals surface area contributed by atoms with Crippen molar-refractivity contribution in [3.05, 3.63) is 0 Å². The van der Waals surface area contributed by atoms with E-state index in [0.29, 0.717) is 12.5 Å². The van der Waals surface area contributed by atoms with Gasteiger partial charge in [-0.2, -0.15) is 5.26 Å². The number of nitriles is 1. The molecule has 0 aromatic heterocycles. The van der Waals surface area contributed by atoms with Crippen molar-refractivity contribution in [2.45, 2.75) is 40.0 Å². The third-order valence-electron chi connectivity index (χ3n) is 3.37. The molecule has 0 aromatic carbocycles. The molecule has 1 aliphatic rings. The highest BCUT2D eigenvalue weighted by Crippen LogP contribution is 2.23. The Hall–Kier alpha value is -1.57. The first-order chi connectivity index (χ1) is 8.84. The van der Waals surface area contributed by atoms with Crippen LogP contribution in [0.25, 0.3) is 0 Å². The van der Waals surface area contributed by atoms with Gasteiger partial charge in [-0.3, -0.25) is 9.59 Å². The maximum Gasteiger partial charge on any atom is 0.234 e. The van der Waals surface area contributed by atoms with Crippen LogP contribution in [-0.4, -0.2) is 36.3 Å². The van der Waals surface area contributed by atoms with Crippen LogP contribution in [0.2, 0.25) is 0 Å². The Bertz CT molecular complexity index is 371. The summed E-state index contributed by atoms with van der Waals surface area (Å²) in [6.45, 7) is 7.93. The summed E-state index contributed by atoms with van der Waals surface area (Å²) in [5.41, 5.74) is -0.326. The predicted molar refractivity (Wildman–Crippen MR) is 72.0 cm³/mol. The molecule has 0 aliphatic carbocycles. The summed E-state index contributed by atoms with van der Waals surface area (Å²) >= 11 is 0. The quantitative estimate of drug-likeness (QED) is 0.836. The lowest BCUT2D eigenvalue weighted by Gasteiger charge is -2.35. The van der Waals surface area contributed by atoms with Crippen LogP contribution in [0.1, 0.15) is 40.0 Å². The lowest BCUT2D eigenvalue weighted by Crippen LogP contribution is -2.45. The second kappa shape index (κ2) is 6.55.